The van der Waals surface area contributed by atoms with Crippen molar-refractivity contribution in [2.75, 3.05) is 20.7 Å². The van der Waals surface area contributed by atoms with Gasteiger partial charge in [0.15, 0.2) is 5.75 Å². The van der Waals surface area contributed by atoms with E-state index in [0.717, 1.165) is 16.8 Å². The SMILES string of the molecule is CNC(=O)[C@H]1CCCCN1S(=O)(=O)c1ccc(OC)c([N+](=O)[O-])c1. The van der Waals surface area contributed by atoms with E-state index in [1.165, 1.54) is 26.3 Å². The van der Waals surface area contributed by atoms with Gasteiger partial charge in [0.1, 0.15) is 6.04 Å². The van der Waals surface area contributed by atoms with Gasteiger partial charge in [-0.3, -0.25) is 14.9 Å². The van der Waals surface area contributed by atoms with Gasteiger partial charge < -0.3 is 10.1 Å². The van der Waals surface area contributed by atoms with Crippen LogP contribution in [0, 0.1) is 10.1 Å². The fourth-order valence-corrected chi connectivity index (χ4v) is 4.41. The summed E-state index contributed by atoms with van der Waals surface area (Å²) in [7, 11) is -1.32. The minimum Gasteiger partial charge on any atom is -0.490 e. The van der Waals surface area contributed by atoms with E-state index in [1.54, 1.807) is 0 Å². The molecule has 0 bridgehead atoms. The average molecular weight is 357 g/mol. The molecular formula is C14H19N3O6S. The number of carbonyl (C=O) groups excluding carboxylic acids is 1. The summed E-state index contributed by atoms with van der Waals surface area (Å²) in [4.78, 5) is 22.2. The molecule has 1 heterocycles. The highest BCUT2D eigenvalue weighted by molar-refractivity contribution is 7.89. The van der Waals surface area contributed by atoms with Crippen LogP contribution in [-0.2, 0) is 14.8 Å². The van der Waals surface area contributed by atoms with Crippen LogP contribution in [0.5, 0.6) is 5.75 Å². The summed E-state index contributed by atoms with van der Waals surface area (Å²) in [6.45, 7) is 0.195. The lowest BCUT2D eigenvalue weighted by Gasteiger charge is -2.33. The quantitative estimate of drug-likeness (QED) is 0.617. The Morgan fingerprint density at radius 1 is 1.42 bits per heavy atom. The number of amides is 1. The molecule has 1 aliphatic heterocycles. The highest BCUT2D eigenvalue weighted by Gasteiger charge is 2.38. The Morgan fingerprint density at radius 3 is 2.71 bits per heavy atom. The Balaban J connectivity index is 2.47. The van der Waals surface area contributed by atoms with Gasteiger partial charge in [0.05, 0.1) is 16.9 Å². The Hall–Kier alpha value is -2.20. The molecule has 9 nitrogen and oxygen atoms in total. The minimum atomic E-state index is -4.03. The number of likely N-dealkylation sites (N-methyl/N-ethyl adjacent to an activating group) is 1. The number of hydrogen-bond acceptors (Lipinski definition) is 6. The standard InChI is InChI=1S/C14H19N3O6S/c1-15-14(18)11-5-3-4-8-16(11)24(21,22)10-6-7-13(23-2)12(9-10)17(19)20/h6-7,9,11H,3-5,8H2,1-2H3,(H,15,18)/t11-/m1/s1. The monoisotopic (exact) mass is 357 g/mol. The second-order valence-electron chi connectivity index (χ2n) is 5.33. The number of nitrogens with zero attached hydrogens (tertiary/aromatic N) is 2. The molecule has 10 heteroatoms. The van der Waals surface area contributed by atoms with Crippen LogP contribution in [0.1, 0.15) is 19.3 Å². The van der Waals surface area contributed by atoms with E-state index in [9.17, 15) is 23.3 Å². The van der Waals surface area contributed by atoms with Crippen molar-refractivity contribution < 1.29 is 22.9 Å². The molecule has 2 rings (SSSR count). The summed E-state index contributed by atoms with van der Waals surface area (Å²) < 4.78 is 31.7. The lowest BCUT2D eigenvalue weighted by Crippen LogP contribution is -2.51. The molecule has 1 N–H and O–H groups in total. The summed E-state index contributed by atoms with van der Waals surface area (Å²) in [6, 6.07) is 2.64. The van der Waals surface area contributed by atoms with Crippen molar-refractivity contribution in [3.05, 3.63) is 28.3 Å². The number of sulfonamides is 1. The fraction of sp³-hybridized carbons (Fsp3) is 0.500. The predicted molar refractivity (Wildman–Crippen MR) is 85.2 cm³/mol. The topological polar surface area (TPSA) is 119 Å². The van der Waals surface area contributed by atoms with Crippen molar-refractivity contribution in [3.63, 3.8) is 0 Å². The first-order valence-corrected chi connectivity index (χ1v) is 8.82. The van der Waals surface area contributed by atoms with Crippen LogP contribution >= 0.6 is 0 Å². The lowest BCUT2D eigenvalue weighted by molar-refractivity contribution is -0.386. The van der Waals surface area contributed by atoms with Crippen LogP contribution < -0.4 is 10.1 Å². The maximum atomic E-state index is 12.9. The molecule has 0 aliphatic carbocycles. The first-order chi connectivity index (χ1) is 11.3. The van der Waals surface area contributed by atoms with Gasteiger partial charge in [-0.1, -0.05) is 6.42 Å². The Labute approximate surface area is 139 Å². The smallest absolute Gasteiger partial charge is 0.312 e. The lowest BCUT2D eigenvalue weighted by atomic mass is 10.0. The molecule has 1 aliphatic rings. The van der Waals surface area contributed by atoms with E-state index in [2.05, 4.69) is 5.32 Å². The van der Waals surface area contributed by atoms with E-state index in [0.29, 0.717) is 12.8 Å². The van der Waals surface area contributed by atoms with Gasteiger partial charge in [0.25, 0.3) is 0 Å². The minimum absolute atomic E-state index is 0.0274. The molecule has 0 spiro atoms. The highest BCUT2D eigenvalue weighted by Crippen LogP contribution is 2.32. The van der Waals surface area contributed by atoms with E-state index in [1.807, 2.05) is 0 Å². The summed E-state index contributed by atoms with van der Waals surface area (Å²) in [5, 5.41) is 13.6. The van der Waals surface area contributed by atoms with E-state index < -0.39 is 26.7 Å². The molecule has 0 aromatic heterocycles. The fourth-order valence-electron chi connectivity index (χ4n) is 2.73. The molecule has 1 aromatic carbocycles. The number of nitro benzene ring substituents is 1. The molecular weight excluding hydrogens is 338 g/mol. The largest absolute Gasteiger partial charge is 0.490 e. The molecule has 1 atom stereocenters. The second-order valence-corrected chi connectivity index (χ2v) is 7.22. The van der Waals surface area contributed by atoms with Crippen molar-refractivity contribution in [3.8, 4) is 5.75 Å². The Bertz CT molecular complexity index is 749. The van der Waals surface area contributed by atoms with Crippen molar-refractivity contribution in [1.29, 1.82) is 0 Å². The van der Waals surface area contributed by atoms with Crippen LogP contribution in [0.2, 0.25) is 0 Å². The number of piperidine rings is 1. The molecule has 1 fully saturated rings. The van der Waals surface area contributed by atoms with E-state index >= 15 is 0 Å². The van der Waals surface area contributed by atoms with Gasteiger partial charge in [0, 0.05) is 19.7 Å². The zero-order valence-electron chi connectivity index (χ0n) is 13.4. The number of nitrogens with one attached hydrogen (secondary N) is 1. The molecule has 1 saturated heterocycles. The van der Waals surface area contributed by atoms with Gasteiger partial charge in [-0.2, -0.15) is 4.31 Å². The Kier molecular flexibility index (Phi) is 5.40. The van der Waals surface area contributed by atoms with Gasteiger partial charge in [-0.05, 0) is 25.0 Å². The van der Waals surface area contributed by atoms with E-state index in [4.69, 9.17) is 4.74 Å². The average Bonchev–Trinajstić information content (AvgIpc) is 2.60. The van der Waals surface area contributed by atoms with Crippen molar-refractivity contribution in [1.82, 2.24) is 9.62 Å². The number of ether oxygens (including phenoxy) is 1. The van der Waals surface area contributed by atoms with E-state index in [-0.39, 0.29) is 23.1 Å². The zero-order valence-corrected chi connectivity index (χ0v) is 14.2. The number of carbonyl (C=O) groups is 1. The van der Waals surface area contributed by atoms with Crippen LogP contribution in [-0.4, -0.2) is 50.3 Å². The third-order valence-electron chi connectivity index (χ3n) is 3.96. The molecule has 1 amide bonds. The van der Waals surface area contributed by atoms with Gasteiger partial charge >= 0.3 is 5.69 Å². The van der Waals surface area contributed by atoms with Crippen LogP contribution in [0.25, 0.3) is 0 Å². The van der Waals surface area contributed by atoms with Crippen molar-refractivity contribution >= 4 is 21.6 Å². The molecule has 24 heavy (non-hydrogen) atoms. The van der Waals surface area contributed by atoms with Crippen LogP contribution in [0.15, 0.2) is 23.1 Å². The molecule has 0 unspecified atom stereocenters. The summed E-state index contributed by atoms with van der Waals surface area (Å²) >= 11 is 0. The summed E-state index contributed by atoms with van der Waals surface area (Å²) in [5.41, 5.74) is -0.438. The normalized spacial score (nSPS) is 18.8. The van der Waals surface area contributed by atoms with Gasteiger partial charge in [-0.15, -0.1) is 0 Å². The maximum Gasteiger partial charge on any atom is 0.312 e. The Morgan fingerprint density at radius 2 is 2.12 bits per heavy atom. The molecule has 1 aromatic rings. The maximum absolute atomic E-state index is 12.9. The molecule has 0 saturated carbocycles. The summed E-state index contributed by atoms with van der Waals surface area (Å²) in [6.07, 6.45) is 1.79. The predicted octanol–water partition coefficient (Wildman–Crippen LogP) is 0.893. The van der Waals surface area contributed by atoms with Crippen molar-refractivity contribution in [2.45, 2.75) is 30.2 Å². The zero-order chi connectivity index (χ0) is 17.9. The third-order valence-corrected chi connectivity index (χ3v) is 5.86. The first-order valence-electron chi connectivity index (χ1n) is 7.38. The number of methoxy groups -OCH3 is 1. The van der Waals surface area contributed by atoms with Crippen LogP contribution in [0.3, 0.4) is 0 Å². The molecule has 132 valence electrons. The van der Waals surface area contributed by atoms with Gasteiger partial charge in [-0.25, -0.2) is 8.42 Å². The number of hydrogen-bond donors (Lipinski definition) is 1. The van der Waals surface area contributed by atoms with Crippen molar-refractivity contribution in [2.24, 2.45) is 0 Å². The van der Waals surface area contributed by atoms with Gasteiger partial charge in [0.2, 0.25) is 15.9 Å². The first kappa shape index (κ1) is 18.1. The van der Waals surface area contributed by atoms with Crippen LogP contribution in [0.4, 0.5) is 5.69 Å². The number of benzene rings is 1. The number of rotatable bonds is 5. The highest BCUT2D eigenvalue weighted by atomic mass is 32.2. The number of nitro groups is 1. The summed E-state index contributed by atoms with van der Waals surface area (Å²) in [5.74, 6) is -0.415. The molecule has 0 radical (unpaired) electrons. The third kappa shape index (κ3) is 3.34. The second kappa shape index (κ2) is 7.14.